The Hall–Kier alpha value is -0.460. The predicted molar refractivity (Wildman–Crippen MR) is 134 cm³/mol. The average Bonchev–Trinajstić information content (AvgIpc) is 3.05. The van der Waals surface area contributed by atoms with Gasteiger partial charge in [-0.1, -0.05) is 46.3 Å². The third-order valence-electron chi connectivity index (χ3n) is 11.8. The minimum Gasteiger partial charge on any atom is -0.396 e. The van der Waals surface area contributed by atoms with Gasteiger partial charge in [-0.3, -0.25) is 0 Å². The number of aliphatic hydroxyl groups is 5. The number of fused-ring (bicyclic) bond motifs is 5. The van der Waals surface area contributed by atoms with Gasteiger partial charge < -0.3 is 25.5 Å². The summed E-state index contributed by atoms with van der Waals surface area (Å²) in [5.74, 6) is 0.857. The van der Waals surface area contributed by atoms with Crippen molar-refractivity contribution < 1.29 is 25.5 Å². The zero-order valence-electron chi connectivity index (χ0n) is 22.2. The standard InChI is InChI=1S/C29H50O5/c1-16(19(4)18(3)15-30)11-17(2)21-13-23(32)26-28(21,6)10-8-25-27(5)9-7-20(31)12-22(27)24(33)14-29(25,26)34/h11,17-26,30-34H,7-10,12-15H2,1-6H3. The van der Waals surface area contributed by atoms with E-state index in [0.29, 0.717) is 25.2 Å². The fourth-order valence-corrected chi connectivity index (χ4v) is 9.63. The highest BCUT2D eigenvalue weighted by molar-refractivity contribution is 5.21. The van der Waals surface area contributed by atoms with Gasteiger partial charge in [0.2, 0.25) is 0 Å². The number of hydrogen-bond donors (Lipinski definition) is 5. The summed E-state index contributed by atoms with van der Waals surface area (Å²) in [6.45, 7) is 13.3. The molecule has 4 aliphatic carbocycles. The second-order valence-corrected chi connectivity index (χ2v) is 13.5. The van der Waals surface area contributed by atoms with E-state index in [2.05, 4.69) is 47.6 Å². The van der Waals surface area contributed by atoms with Crippen LogP contribution < -0.4 is 0 Å². The van der Waals surface area contributed by atoms with Gasteiger partial charge in [0.05, 0.1) is 23.9 Å². The number of hydrogen-bond acceptors (Lipinski definition) is 5. The van der Waals surface area contributed by atoms with Crippen LogP contribution in [0.2, 0.25) is 0 Å². The fraction of sp³-hybridized carbons (Fsp3) is 0.931. The van der Waals surface area contributed by atoms with Gasteiger partial charge in [0.15, 0.2) is 0 Å². The zero-order chi connectivity index (χ0) is 25.2. The Bertz CT molecular complexity index is 782. The highest BCUT2D eigenvalue weighted by Crippen LogP contribution is 2.69. The maximum absolute atomic E-state index is 12.4. The van der Waals surface area contributed by atoms with Crippen molar-refractivity contribution in [3.05, 3.63) is 11.6 Å². The first kappa shape index (κ1) is 26.6. The lowest BCUT2D eigenvalue weighted by molar-refractivity contribution is -0.263. The molecule has 4 fully saturated rings. The molecule has 0 heterocycles. The van der Waals surface area contributed by atoms with Crippen LogP contribution in [0.1, 0.15) is 86.5 Å². The summed E-state index contributed by atoms with van der Waals surface area (Å²) >= 11 is 0. The Kier molecular flexibility index (Phi) is 7.14. The first-order chi connectivity index (χ1) is 15.8. The normalized spacial score (nSPS) is 51.7. The van der Waals surface area contributed by atoms with Crippen LogP contribution in [0.15, 0.2) is 11.6 Å². The molecule has 0 spiro atoms. The molecule has 34 heavy (non-hydrogen) atoms. The molecule has 0 aromatic heterocycles. The summed E-state index contributed by atoms with van der Waals surface area (Å²) in [4.78, 5) is 0. The molecular weight excluding hydrogens is 428 g/mol. The lowest BCUT2D eigenvalue weighted by Gasteiger charge is -2.66. The van der Waals surface area contributed by atoms with E-state index in [1.807, 2.05) is 0 Å². The van der Waals surface area contributed by atoms with Crippen molar-refractivity contribution >= 4 is 0 Å². The largest absolute Gasteiger partial charge is 0.396 e. The Morgan fingerprint density at radius 1 is 0.971 bits per heavy atom. The van der Waals surface area contributed by atoms with E-state index in [4.69, 9.17) is 0 Å². The molecule has 5 nitrogen and oxygen atoms in total. The molecule has 4 aliphatic rings. The third-order valence-corrected chi connectivity index (χ3v) is 11.8. The Balaban J connectivity index is 1.64. The van der Waals surface area contributed by atoms with Crippen LogP contribution in [0, 0.1) is 52.3 Å². The molecule has 0 radical (unpaired) electrons. The van der Waals surface area contributed by atoms with Crippen LogP contribution >= 0.6 is 0 Å². The molecule has 0 aliphatic heterocycles. The van der Waals surface area contributed by atoms with Gasteiger partial charge in [0.1, 0.15) is 0 Å². The van der Waals surface area contributed by atoms with Crippen LogP contribution in [0.3, 0.4) is 0 Å². The molecule has 13 atom stereocenters. The van der Waals surface area contributed by atoms with Crippen molar-refractivity contribution in [1.29, 1.82) is 0 Å². The first-order valence-corrected chi connectivity index (χ1v) is 13.8. The van der Waals surface area contributed by atoms with E-state index < -0.39 is 17.8 Å². The molecule has 0 saturated heterocycles. The smallest absolute Gasteiger partial charge is 0.0763 e. The lowest BCUT2D eigenvalue weighted by Crippen LogP contribution is -2.68. The van der Waals surface area contributed by atoms with Gasteiger partial charge in [-0.25, -0.2) is 0 Å². The van der Waals surface area contributed by atoms with Crippen molar-refractivity contribution in [2.75, 3.05) is 6.61 Å². The van der Waals surface area contributed by atoms with Gasteiger partial charge >= 0.3 is 0 Å². The van der Waals surface area contributed by atoms with Crippen molar-refractivity contribution in [2.24, 2.45) is 52.3 Å². The van der Waals surface area contributed by atoms with Crippen molar-refractivity contribution in [2.45, 2.75) is 110 Å². The minimum atomic E-state index is -1.08. The fourth-order valence-electron chi connectivity index (χ4n) is 9.63. The van der Waals surface area contributed by atoms with E-state index in [1.165, 1.54) is 5.57 Å². The zero-order valence-corrected chi connectivity index (χ0v) is 22.2. The first-order valence-electron chi connectivity index (χ1n) is 13.8. The molecule has 5 N–H and O–H groups in total. The number of aliphatic hydroxyl groups excluding tert-OH is 4. The van der Waals surface area contributed by atoms with E-state index >= 15 is 0 Å². The van der Waals surface area contributed by atoms with Crippen LogP contribution in [-0.2, 0) is 0 Å². The van der Waals surface area contributed by atoms with Gasteiger partial charge in [-0.05, 0) is 91.8 Å². The Morgan fingerprint density at radius 3 is 2.26 bits per heavy atom. The summed E-state index contributed by atoms with van der Waals surface area (Å²) in [6.07, 6.45) is 5.81. The topological polar surface area (TPSA) is 101 Å². The van der Waals surface area contributed by atoms with Crippen molar-refractivity contribution in [1.82, 2.24) is 0 Å². The van der Waals surface area contributed by atoms with Gasteiger partial charge in [-0.2, -0.15) is 0 Å². The lowest BCUT2D eigenvalue weighted by atomic mass is 9.42. The SMILES string of the molecule is CC(=CC(C)C1CC(O)C2C1(C)CCC1C3(C)CCC(O)CC3C(O)CC12O)C(C)C(C)CO. The Morgan fingerprint density at radius 2 is 1.62 bits per heavy atom. The number of rotatable bonds is 5. The molecular formula is C29H50O5. The molecule has 0 aromatic rings. The van der Waals surface area contributed by atoms with Crippen molar-refractivity contribution in [3.8, 4) is 0 Å². The van der Waals surface area contributed by atoms with E-state index in [9.17, 15) is 25.5 Å². The summed E-state index contributed by atoms with van der Waals surface area (Å²) < 4.78 is 0. The maximum Gasteiger partial charge on any atom is 0.0763 e. The van der Waals surface area contributed by atoms with E-state index in [-0.39, 0.29) is 59.0 Å². The summed E-state index contributed by atoms with van der Waals surface area (Å²) in [5, 5.41) is 55.0. The molecule has 196 valence electrons. The second kappa shape index (κ2) is 9.13. The van der Waals surface area contributed by atoms with Gasteiger partial charge in [-0.15, -0.1) is 0 Å². The number of allylic oxidation sites excluding steroid dienone is 2. The van der Waals surface area contributed by atoms with E-state index in [1.54, 1.807) is 0 Å². The highest BCUT2D eigenvalue weighted by atomic mass is 16.3. The van der Waals surface area contributed by atoms with Crippen LogP contribution in [0.4, 0.5) is 0 Å². The molecule has 13 unspecified atom stereocenters. The summed E-state index contributed by atoms with van der Waals surface area (Å²) in [5.41, 5.74) is -0.190. The third kappa shape index (κ3) is 3.93. The molecule has 0 bridgehead atoms. The molecule has 5 heteroatoms. The summed E-state index contributed by atoms with van der Waals surface area (Å²) in [7, 11) is 0. The average molecular weight is 479 g/mol. The second-order valence-electron chi connectivity index (χ2n) is 13.5. The predicted octanol–water partition coefficient (Wildman–Crippen LogP) is 3.91. The Labute approximate surface area is 206 Å². The quantitative estimate of drug-likeness (QED) is 0.386. The van der Waals surface area contributed by atoms with Crippen molar-refractivity contribution in [3.63, 3.8) is 0 Å². The molecule has 0 aromatic carbocycles. The highest BCUT2D eigenvalue weighted by Gasteiger charge is 2.70. The summed E-state index contributed by atoms with van der Waals surface area (Å²) in [6, 6.07) is 0. The minimum absolute atomic E-state index is 0.0136. The van der Waals surface area contributed by atoms with Crippen LogP contribution in [-0.4, -0.2) is 56.1 Å². The molecule has 0 amide bonds. The van der Waals surface area contributed by atoms with Crippen LogP contribution in [0.5, 0.6) is 0 Å². The van der Waals surface area contributed by atoms with E-state index in [0.717, 1.165) is 25.7 Å². The maximum atomic E-state index is 12.4. The molecule has 4 saturated carbocycles. The van der Waals surface area contributed by atoms with Gasteiger partial charge in [0, 0.05) is 18.9 Å². The van der Waals surface area contributed by atoms with Crippen LogP contribution in [0.25, 0.3) is 0 Å². The molecule has 4 rings (SSSR count). The monoisotopic (exact) mass is 478 g/mol. The van der Waals surface area contributed by atoms with Gasteiger partial charge in [0.25, 0.3) is 0 Å².